The first-order valence-corrected chi connectivity index (χ1v) is 22.0. The van der Waals surface area contributed by atoms with Gasteiger partial charge < -0.3 is 16.0 Å². The number of nitrogens with two attached hydrogens (primary N) is 1. The van der Waals surface area contributed by atoms with Crippen molar-refractivity contribution >= 4 is 59.5 Å². The SMILES string of the molecule is Cn1nc(NS(C)(=O)=O)c2cccc(-c3cc4sc(N5CCC(C)(N)CC5)nc4nc3C(Cc3cc(F)cc(F)c3)NC(=O)Cn3nc(C(F)(F)F)c4c3C(F)(F)[C@@H]3C=C[C@H]43)c21. The number of nitrogens with zero attached hydrogens (tertiary/aromatic N) is 7. The molecule has 2 aromatic carbocycles. The van der Waals surface area contributed by atoms with Crippen molar-refractivity contribution in [2.45, 2.75) is 62.3 Å². The van der Waals surface area contributed by atoms with Crippen LogP contribution in [0.4, 0.5) is 41.7 Å². The fourth-order valence-corrected chi connectivity index (χ4v) is 10.1. The molecule has 0 saturated carbocycles. The summed E-state index contributed by atoms with van der Waals surface area (Å²) in [5, 5.41) is 11.6. The molecule has 1 aliphatic heterocycles. The minimum atomic E-state index is -5.10. The Morgan fingerprint density at radius 2 is 1.74 bits per heavy atom. The molecule has 13 nitrogen and oxygen atoms in total. The Morgan fingerprint density at radius 3 is 2.39 bits per heavy atom. The number of rotatable bonds is 10. The third-order valence-corrected chi connectivity index (χ3v) is 13.2. The fraction of sp³-hybridized carbons (Fsp3) is 0.375. The molecule has 3 atom stereocenters. The Hall–Kier alpha value is -5.61. The molecule has 5 heterocycles. The largest absolute Gasteiger partial charge is 0.435 e. The number of thiazole rings is 1. The first-order chi connectivity index (χ1) is 29.1. The lowest BCUT2D eigenvalue weighted by atomic mass is 9.81. The molecule has 9 rings (SSSR count). The van der Waals surface area contributed by atoms with Gasteiger partial charge in [-0.2, -0.15) is 37.1 Å². The zero-order chi connectivity index (χ0) is 44.3. The van der Waals surface area contributed by atoms with Crippen LogP contribution in [0.2, 0.25) is 0 Å². The summed E-state index contributed by atoms with van der Waals surface area (Å²) in [7, 11) is -2.20. The van der Waals surface area contributed by atoms with Crippen LogP contribution >= 0.6 is 11.3 Å². The maximum absolute atomic E-state index is 15.7. The molecule has 1 fully saturated rings. The number of allylic oxidation sites excluding steroid dienone is 2. The Labute approximate surface area is 352 Å². The lowest BCUT2D eigenvalue weighted by molar-refractivity contribution is -0.142. The third kappa shape index (κ3) is 7.44. The quantitative estimate of drug-likeness (QED) is 0.0980. The standard InChI is InChI=1S/C40H37F7N10O3S2/c1-38(48)9-11-56(12-10-38)37-51-36-28(61-37)17-25(22-5-4-6-24-32(22)55(2)53-35(24)54-62(3,59)60)31(50-36)27(15-19-13-20(41)16-21(42)14-19)49-29(58)18-57-34-30(33(52-57)40(45,46)47)23-7-8-26(23)39(34,43)44/h4-8,13-14,16-17,23,26-27H,9-12,15,18,48H2,1-3H3,(H,49,58)(H,53,54)/t23-,26+,27?/m0/s1. The molecule has 1 amide bonds. The molecule has 4 N–H and O–H groups in total. The van der Waals surface area contributed by atoms with Gasteiger partial charge in [-0.05, 0) is 56.0 Å². The number of aryl methyl sites for hydroxylation is 1. The topological polar surface area (TPSA) is 166 Å². The minimum Gasteiger partial charge on any atom is -0.348 e. The highest BCUT2D eigenvalue weighted by molar-refractivity contribution is 7.92. The van der Waals surface area contributed by atoms with Crippen LogP contribution in [0.1, 0.15) is 59.9 Å². The molecule has 22 heteroatoms. The average molecular weight is 903 g/mol. The van der Waals surface area contributed by atoms with E-state index in [0.29, 0.717) is 68.5 Å². The Morgan fingerprint density at radius 1 is 1.03 bits per heavy atom. The number of halogens is 7. The van der Waals surface area contributed by atoms with Crippen LogP contribution in [0.15, 0.2) is 54.6 Å². The third-order valence-electron chi connectivity index (χ3n) is 11.6. The minimum absolute atomic E-state index is 0.0185. The maximum Gasteiger partial charge on any atom is 0.435 e. The van der Waals surface area contributed by atoms with Crippen LogP contribution < -0.4 is 20.7 Å². The summed E-state index contributed by atoms with van der Waals surface area (Å²) in [6.07, 6.45) is -0.738. The molecule has 0 radical (unpaired) electrons. The molecule has 1 unspecified atom stereocenters. The van der Waals surface area contributed by atoms with Gasteiger partial charge in [-0.1, -0.05) is 35.6 Å². The average Bonchev–Trinajstić information content (AvgIpc) is 3.85. The van der Waals surface area contributed by atoms with Gasteiger partial charge in [-0.25, -0.2) is 22.2 Å². The molecule has 3 aliphatic rings. The van der Waals surface area contributed by atoms with Crippen LogP contribution in [0.5, 0.6) is 0 Å². The number of pyridine rings is 1. The van der Waals surface area contributed by atoms with Gasteiger partial charge in [0.05, 0.1) is 34.1 Å². The van der Waals surface area contributed by atoms with E-state index in [2.05, 4.69) is 25.1 Å². The van der Waals surface area contributed by atoms with Gasteiger partial charge >= 0.3 is 6.18 Å². The van der Waals surface area contributed by atoms with Crippen LogP contribution in [0.3, 0.4) is 0 Å². The van der Waals surface area contributed by atoms with E-state index in [1.54, 1.807) is 31.3 Å². The van der Waals surface area contributed by atoms with E-state index in [1.807, 2.05) is 6.92 Å². The normalized spacial score (nSPS) is 19.7. The van der Waals surface area contributed by atoms with Crippen molar-refractivity contribution in [1.29, 1.82) is 0 Å². The van der Waals surface area contributed by atoms with Gasteiger partial charge in [0.25, 0.3) is 5.92 Å². The number of anilines is 2. The molecule has 62 heavy (non-hydrogen) atoms. The second-order valence-corrected chi connectivity index (χ2v) is 19.1. The second kappa shape index (κ2) is 14.5. The molecule has 0 bridgehead atoms. The van der Waals surface area contributed by atoms with Crippen molar-refractivity contribution in [2.75, 3.05) is 29.0 Å². The predicted molar refractivity (Wildman–Crippen MR) is 217 cm³/mol. The Bertz CT molecular complexity index is 2930. The molecule has 1 saturated heterocycles. The number of carbonyl (C=O) groups excluding carboxylic acids is 1. The van der Waals surface area contributed by atoms with Crippen molar-refractivity contribution < 1.29 is 43.9 Å². The van der Waals surface area contributed by atoms with E-state index in [0.717, 1.165) is 24.5 Å². The first kappa shape index (κ1) is 41.7. The number of hydrogen-bond acceptors (Lipinski definition) is 10. The maximum atomic E-state index is 15.7. The summed E-state index contributed by atoms with van der Waals surface area (Å²) < 4.78 is 133. The zero-order valence-electron chi connectivity index (χ0n) is 33.1. The number of hydrogen-bond donors (Lipinski definition) is 3. The predicted octanol–water partition coefficient (Wildman–Crippen LogP) is 6.90. The number of amides is 1. The molecule has 2 aliphatic carbocycles. The summed E-state index contributed by atoms with van der Waals surface area (Å²) in [4.78, 5) is 26.0. The zero-order valence-corrected chi connectivity index (χ0v) is 34.7. The van der Waals surface area contributed by atoms with E-state index in [9.17, 15) is 35.2 Å². The van der Waals surface area contributed by atoms with Crippen molar-refractivity contribution in [3.8, 4) is 11.1 Å². The highest BCUT2D eigenvalue weighted by atomic mass is 32.2. The lowest BCUT2D eigenvalue weighted by Crippen LogP contribution is -2.48. The number of piperidine rings is 1. The van der Waals surface area contributed by atoms with E-state index < -0.39 is 81.0 Å². The van der Waals surface area contributed by atoms with Gasteiger partial charge in [0.15, 0.2) is 22.3 Å². The Balaban J connectivity index is 1.19. The summed E-state index contributed by atoms with van der Waals surface area (Å²) in [5.74, 6) is -9.45. The number of alkyl halides is 5. The summed E-state index contributed by atoms with van der Waals surface area (Å²) in [5.41, 5.74) is 4.35. The van der Waals surface area contributed by atoms with Gasteiger partial charge in [0.1, 0.15) is 23.9 Å². The molecular formula is C40H37F7N10O3S2. The fourth-order valence-electron chi connectivity index (χ4n) is 8.63. The highest BCUT2D eigenvalue weighted by Gasteiger charge is 2.61. The van der Waals surface area contributed by atoms with E-state index in [4.69, 9.17) is 15.7 Å². The number of fused-ring (bicyclic) bond motifs is 5. The summed E-state index contributed by atoms with van der Waals surface area (Å²) >= 11 is 1.33. The molecular weight excluding hydrogens is 866 g/mol. The smallest absolute Gasteiger partial charge is 0.348 e. The van der Waals surface area contributed by atoms with E-state index in [1.165, 1.54) is 22.1 Å². The number of carbonyl (C=O) groups is 1. The Kier molecular flexibility index (Phi) is 9.74. The molecule has 0 spiro atoms. The number of para-hydroxylation sites is 1. The monoisotopic (exact) mass is 902 g/mol. The van der Waals surface area contributed by atoms with Crippen molar-refractivity contribution in [1.82, 2.24) is 34.8 Å². The number of aromatic nitrogens is 6. The van der Waals surface area contributed by atoms with Crippen LogP contribution in [0, 0.1) is 17.6 Å². The molecule has 326 valence electrons. The van der Waals surface area contributed by atoms with Gasteiger partial charge in [0.2, 0.25) is 15.9 Å². The van der Waals surface area contributed by atoms with Gasteiger partial charge in [-0.15, -0.1) is 0 Å². The van der Waals surface area contributed by atoms with Crippen molar-refractivity contribution in [3.63, 3.8) is 0 Å². The second-order valence-electron chi connectivity index (χ2n) is 16.4. The van der Waals surface area contributed by atoms with Crippen LogP contribution in [-0.4, -0.2) is 68.7 Å². The molecule has 4 aromatic heterocycles. The van der Waals surface area contributed by atoms with Crippen molar-refractivity contribution in [3.05, 3.63) is 94.5 Å². The van der Waals surface area contributed by atoms with Crippen LogP contribution in [-0.2, 0) is 46.9 Å². The summed E-state index contributed by atoms with van der Waals surface area (Å²) in [6.45, 7) is 2.10. The van der Waals surface area contributed by atoms with Crippen LogP contribution in [0.25, 0.3) is 32.4 Å². The van der Waals surface area contributed by atoms with E-state index >= 15 is 8.78 Å². The van der Waals surface area contributed by atoms with Gasteiger partial charge in [-0.3, -0.25) is 18.9 Å². The first-order valence-electron chi connectivity index (χ1n) is 19.3. The summed E-state index contributed by atoms with van der Waals surface area (Å²) in [6, 6.07) is 8.13. The highest BCUT2D eigenvalue weighted by Crippen LogP contribution is 2.60. The van der Waals surface area contributed by atoms with Crippen molar-refractivity contribution in [2.24, 2.45) is 18.7 Å². The lowest BCUT2D eigenvalue weighted by Gasteiger charge is -2.36. The number of benzene rings is 2. The van der Waals surface area contributed by atoms with E-state index in [-0.39, 0.29) is 34.7 Å². The number of sulfonamides is 1. The number of nitrogens with one attached hydrogen (secondary N) is 2. The van der Waals surface area contributed by atoms with Gasteiger partial charge in [0, 0.05) is 59.7 Å². The molecule has 6 aromatic rings.